The molecule has 182 valence electrons. The molecule has 0 aliphatic carbocycles. The lowest BCUT2D eigenvalue weighted by molar-refractivity contribution is -0.121. The van der Waals surface area contributed by atoms with Crippen LogP contribution in [0.5, 0.6) is 5.75 Å². The maximum atomic E-state index is 12.6. The van der Waals surface area contributed by atoms with E-state index < -0.39 is 10.0 Å². The molecule has 0 bridgehead atoms. The van der Waals surface area contributed by atoms with Crippen LogP contribution in [0.25, 0.3) is 0 Å². The van der Waals surface area contributed by atoms with Crippen molar-refractivity contribution in [1.82, 2.24) is 5.32 Å². The van der Waals surface area contributed by atoms with Gasteiger partial charge < -0.3 is 10.1 Å². The number of ether oxygens (including phenoxy) is 1. The fourth-order valence-corrected chi connectivity index (χ4v) is 5.13. The van der Waals surface area contributed by atoms with Crippen molar-refractivity contribution in [2.45, 2.75) is 52.5 Å². The zero-order valence-corrected chi connectivity index (χ0v) is 22.2. The van der Waals surface area contributed by atoms with Gasteiger partial charge in [-0.2, -0.15) is 0 Å². The average molecular weight is 516 g/mol. The van der Waals surface area contributed by atoms with Gasteiger partial charge in [0.2, 0.25) is 15.9 Å². The van der Waals surface area contributed by atoms with Crippen molar-refractivity contribution >= 4 is 44.8 Å². The first-order valence-electron chi connectivity index (χ1n) is 10.8. The number of hydrogen-bond donors (Lipinski definition) is 1. The van der Waals surface area contributed by atoms with Crippen LogP contribution in [0.4, 0.5) is 5.69 Å². The van der Waals surface area contributed by atoms with E-state index in [2.05, 4.69) is 25.2 Å². The van der Waals surface area contributed by atoms with Crippen LogP contribution in [-0.2, 0) is 14.8 Å². The number of anilines is 1. The van der Waals surface area contributed by atoms with Crippen LogP contribution < -0.4 is 14.4 Å². The zero-order valence-electron chi connectivity index (χ0n) is 19.9. The second kappa shape index (κ2) is 11.4. The Labute approximate surface area is 207 Å². The van der Waals surface area contributed by atoms with Crippen LogP contribution in [0.1, 0.15) is 62.3 Å². The van der Waals surface area contributed by atoms with Gasteiger partial charge in [0.05, 0.1) is 30.1 Å². The molecule has 33 heavy (non-hydrogen) atoms. The number of aryl methyl sites for hydroxylation is 1. The number of hydrogen-bond acceptors (Lipinski definition) is 4. The minimum absolute atomic E-state index is 0.111. The molecule has 2 aromatic rings. The summed E-state index contributed by atoms with van der Waals surface area (Å²) in [6.07, 6.45) is 1.60. The van der Waals surface area contributed by atoms with E-state index in [0.717, 1.165) is 28.7 Å². The zero-order chi connectivity index (χ0) is 24.9. The first kappa shape index (κ1) is 27.3. The molecule has 0 saturated heterocycles. The van der Waals surface area contributed by atoms with Crippen molar-refractivity contribution in [2.75, 3.05) is 24.2 Å². The third-order valence-electron chi connectivity index (χ3n) is 5.43. The fourth-order valence-electron chi connectivity index (χ4n) is 3.73. The van der Waals surface area contributed by atoms with Gasteiger partial charge in [-0.1, -0.05) is 37.0 Å². The second-order valence-electron chi connectivity index (χ2n) is 8.43. The van der Waals surface area contributed by atoms with Crippen LogP contribution in [0, 0.1) is 6.92 Å². The number of rotatable bonds is 10. The number of amides is 1. The molecule has 0 fully saturated rings. The summed E-state index contributed by atoms with van der Waals surface area (Å²) in [5, 5.41) is 3.68. The molecular formula is C24H32Cl2N2O4S. The number of halogens is 2. The number of benzene rings is 2. The van der Waals surface area contributed by atoms with Crippen molar-refractivity contribution in [3.8, 4) is 5.75 Å². The third kappa shape index (κ3) is 7.26. The molecule has 2 rings (SSSR count). The number of nitrogens with one attached hydrogen (secondary N) is 1. The predicted molar refractivity (Wildman–Crippen MR) is 136 cm³/mol. The lowest BCUT2D eigenvalue weighted by atomic mass is 9.93. The summed E-state index contributed by atoms with van der Waals surface area (Å²) in [7, 11) is -1.95. The van der Waals surface area contributed by atoms with E-state index in [-0.39, 0.29) is 35.9 Å². The first-order valence-corrected chi connectivity index (χ1v) is 13.4. The molecule has 0 aliphatic rings. The average Bonchev–Trinajstić information content (AvgIpc) is 2.71. The molecule has 0 radical (unpaired) electrons. The Morgan fingerprint density at radius 3 is 2.36 bits per heavy atom. The van der Waals surface area contributed by atoms with E-state index in [0.29, 0.717) is 17.1 Å². The van der Waals surface area contributed by atoms with Gasteiger partial charge in [-0.15, -0.1) is 0 Å². The Morgan fingerprint density at radius 2 is 1.79 bits per heavy atom. The summed E-state index contributed by atoms with van der Waals surface area (Å²) < 4.78 is 31.3. The predicted octanol–water partition coefficient (Wildman–Crippen LogP) is 5.86. The minimum Gasteiger partial charge on any atom is -0.496 e. The highest BCUT2D eigenvalue weighted by Crippen LogP contribution is 2.33. The SMILES string of the molecule is COc1cc(C)c([C@@H](C)NC(=O)CCCN(c2cc(Cl)ccc2Cl)S(C)(=O)=O)cc1C(C)C. The molecule has 0 aromatic heterocycles. The van der Waals surface area contributed by atoms with E-state index in [1.807, 2.05) is 19.9 Å². The van der Waals surface area contributed by atoms with Gasteiger partial charge in [0.15, 0.2) is 0 Å². The number of carbonyl (C=O) groups is 1. The van der Waals surface area contributed by atoms with Crippen molar-refractivity contribution in [3.05, 3.63) is 57.1 Å². The topological polar surface area (TPSA) is 75.7 Å². The monoisotopic (exact) mass is 514 g/mol. The van der Waals surface area contributed by atoms with Crippen molar-refractivity contribution in [2.24, 2.45) is 0 Å². The normalized spacial score (nSPS) is 12.5. The number of methoxy groups -OCH3 is 1. The summed E-state index contributed by atoms with van der Waals surface area (Å²) in [5.41, 5.74) is 3.44. The van der Waals surface area contributed by atoms with Gasteiger partial charge >= 0.3 is 0 Å². The molecule has 0 unspecified atom stereocenters. The van der Waals surface area contributed by atoms with Gasteiger partial charge in [-0.3, -0.25) is 9.10 Å². The van der Waals surface area contributed by atoms with E-state index in [9.17, 15) is 13.2 Å². The Hall–Kier alpha value is -1.96. The molecule has 2 aromatic carbocycles. The third-order valence-corrected chi connectivity index (χ3v) is 7.16. The molecule has 0 saturated carbocycles. The highest BCUT2D eigenvalue weighted by atomic mass is 35.5. The Morgan fingerprint density at radius 1 is 1.12 bits per heavy atom. The van der Waals surface area contributed by atoms with Crippen molar-refractivity contribution < 1.29 is 17.9 Å². The summed E-state index contributed by atoms with van der Waals surface area (Å²) in [6.45, 7) is 8.23. The van der Waals surface area contributed by atoms with Crippen LogP contribution in [-0.4, -0.2) is 34.2 Å². The number of nitrogens with zero attached hydrogens (tertiary/aromatic N) is 1. The molecular weight excluding hydrogens is 483 g/mol. The summed E-state index contributed by atoms with van der Waals surface area (Å²) in [6, 6.07) is 8.52. The molecule has 6 nitrogen and oxygen atoms in total. The molecule has 9 heteroatoms. The van der Waals surface area contributed by atoms with E-state index >= 15 is 0 Å². The minimum atomic E-state index is -3.60. The van der Waals surface area contributed by atoms with Crippen molar-refractivity contribution in [3.63, 3.8) is 0 Å². The van der Waals surface area contributed by atoms with Gasteiger partial charge in [-0.25, -0.2) is 8.42 Å². The molecule has 0 heterocycles. The van der Waals surface area contributed by atoms with Gasteiger partial charge in [0.25, 0.3) is 0 Å². The Bertz CT molecular complexity index is 1100. The summed E-state index contributed by atoms with van der Waals surface area (Å²) >= 11 is 12.2. The summed E-state index contributed by atoms with van der Waals surface area (Å²) in [4.78, 5) is 12.6. The molecule has 0 spiro atoms. The van der Waals surface area contributed by atoms with Gasteiger partial charge in [0, 0.05) is 18.0 Å². The van der Waals surface area contributed by atoms with Crippen LogP contribution >= 0.6 is 23.2 Å². The highest BCUT2D eigenvalue weighted by molar-refractivity contribution is 7.92. The Kier molecular flexibility index (Phi) is 9.47. The van der Waals surface area contributed by atoms with E-state index in [1.54, 1.807) is 19.2 Å². The van der Waals surface area contributed by atoms with Crippen molar-refractivity contribution in [1.29, 1.82) is 0 Å². The molecule has 0 aliphatic heterocycles. The van der Waals surface area contributed by atoms with Gasteiger partial charge in [-0.05, 0) is 73.2 Å². The van der Waals surface area contributed by atoms with Crippen LogP contribution in [0.2, 0.25) is 10.0 Å². The fraction of sp³-hybridized carbons (Fsp3) is 0.458. The quantitative estimate of drug-likeness (QED) is 0.430. The van der Waals surface area contributed by atoms with Crippen LogP contribution in [0.3, 0.4) is 0 Å². The van der Waals surface area contributed by atoms with E-state index in [1.165, 1.54) is 10.4 Å². The smallest absolute Gasteiger partial charge is 0.232 e. The van der Waals surface area contributed by atoms with Gasteiger partial charge in [0.1, 0.15) is 5.75 Å². The highest BCUT2D eigenvalue weighted by Gasteiger charge is 2.21. The molecule has 1 amide bonds. The second-order valence-corrected chi connectivity index (χ2v) is 11.2. The van der Waals surface area contributed by atoms with E-state index in [4.69, 9.17) is 27.9 Å². The maximum Gasteiger partial charge on any atom is 0.232 e. The summed E-state index contributed by atoms with van der Waals surface area (Å²) in [5.74, 6) is 0.960. The largest absolute Gasteiger partial charge is 0.496 e. The standard InChI is InChI=1S/C24H32Cl2N2O4S/c1-15(2)19-14-20(16(3)12-23(19)32-5)17(4)27-24(29)8-7-11-28(33(6,30)31)22-13-18(25)9-10-21(22)26/h9-10,12-15,17H,7-8,11H2,1-6H3,(H,27,29)/t17-/m1/s1. The Balaban J connectivity index is 2.07. The molecule has 1 atom stereocenters. The maximum absolute atomic E-state index is 12.6. The lowest BCUT2D eigenvalue weighted by Crippen LogP contribution is -2.33. The first-order chi connectivity index (χ1) is 15.3. The lowest BCUT2D eigenvalue weighted by Gasteiger charge is -2.24. The number of sulfonamides is 1. The molecule has 1 N–H and O–H groups in total. The number of carbonyl (C=O) groups excluding carboxylic acids is 1. The van der Waals surface area contributed by atoms with Crippen LogP contribution in [0.15, 0.2) is 30.3 Å².